The summed E-state index contributed by atoms with van der Waals surface area (Å²) in [4.78, 5) is 13.9. The Balaban J connectivity index is 2.06. The molecule has 0 saturated heterocycles. The van der Waals surface area contributed by atoms with Gasteiger partial charge in [-0.05, 0) is 24.2 Å². The van der Waals surface area contributed by atoms with Crippen LogP contribution in [0.25, 0.3) is 0 Å². The lowest BCUT2D eigenvalue weighted by atomic mass is 10.3. The van der Waals surface area contributed by atoms with E-state index in [2.05, 4.69) is 15.2 Å². The molecule has 0 aromatic carbocycles. The quantitative estimate of drug-likeness (QED) is 0.605. The van der Waals surface area contributed by atoms with E-state index < -0.39 is 4.92 Å². The van der Waals surface area contributed by atoms with Crippen molar-refractivity contribution in [2.24, 2.45) is 0 Å². The second kappa shape index (κ2) is 5.58. The second-order valence-corrected chi connectivity index (χ2v) is 4.40. The topological polar surface area (TPSA) is 95.0 Å². The first-order valence-electron chi connectivity index (χ1n) is 5.29. The van der Waals surface area contributed by atoms with E-state index in [0.717, 1.165) is 12.8 Å². The van der Waals surface area contributed by atoms with Gasteiger partial charge in [-0.25, -0.2) is 4.98 Å². The summed E-state index contributed by atoms with van der Waals surface area (Å²) in [6.07, 6.45) is 2.87. The normalized spacial score (nSPS) is 10.5. The van der Waals surface area contributed by atoms with Crippen molar-refractivity contribution in [1.82, 2.24) is 15.2 Å². The number of hydrogen-bond donors (Lipinski definition) is 0. The van der Waals surface area contributed by atoms with Gasteiger partial charge >= 0.3 is 0 Å². The molecule has 8 heteroatoms. The van der Waals surface area contributed by atoms with Gasteiger partial charge < -0.3 is 4.42 Å². The van der Waals surface area contributed by atoms with Gasteiger partial charge in [0.05, 0.1) is 4.92 Å². The Kier molecular flexibility index (Phi) is 3.88. The highest BCUT2D eigenvalue weighted by atomic mass is 32.2. The van der Waals surface area contributed by atoms with Gasteiger partial charge in [0.2, 0.25) is 5.89 Å². The minimum absolute atomic E-state index is 0.0449. The molecular weight excluding hydrogens is 256 g/mol. The highest BCUT2D eigenvalue weighted by molar-refractivity contribution is 7.99. The number of rotatable bonds is 5. The van der Waals surface area contributed by atoms with Crippen LogP contribution >= 0.6 is 11.8 Å². The highest BCUT2D eigenvalue weighted by Gasteiger charge is 2.10. The van der Waals surface area contributed by atoms with Crippen LogP contribution in [0.15, 0.2) is 33.0 Å². The van der Waals surface area contributed by atoms with Crippen molar-refractivity contribution in [3.8, 4) is 0 Å². The third-order valence-electron chi connectivity index (χ3n) is 2.04. The Morgan fingerprint density at radius 3 is 2.89 bits per heavy atom. The van der Waals surface area contributed by atoms with Gasteiger partial charge in [0.15, 0.2) is 0 Å². The second-order valence-electron chi connectivity index (χ2n) is 3.43. The smallest absolute Gasteiger partial charge is 0.287 e. The van der Waals surface area contributed by atoms with Gasteiger partial charge in [-0.1, -0.05) is 6.92 Å². The SMILES string of the molecule is CCCc1nnc(Sc2ccc([N+](=O)[O-])cn2)o1. The summed E-state index contributed by atoms with van der Waals surface area (Å²) in [5.74, 6) is 0.585. The maximum Gasteiger partial charge on any atom is 0.287 e. The van der Waals surface area contributed by atoms with Crippen molar-refractivity contribution in [3.63, 3.8) is 0 Å². The molecule has 0 atom stereocenters. The van der Waals surface area contributed by atoms with Gasteiger partial charge in [-0.3, -0.25) is 10.1 Å². The van der Waals surface area contributed by atoms with Crippen molar-refractivity contribution in [1.29, 1.82) is 0 Å². The molecular formula is C10H10N4O3S. The molecule has 0 aliphatic rings. The van der Waals surface area contributed by atoms with Crippen LogP contribution < -0.4 is 0 Å². The number of pyridine rings is 1. The number of hydrogen-bond acceptors (Lipinski definition) is 7. The third-order valence-corrected chi connectivity index (χ3v) is 2.83. The summed E-state index contributed by atoms with van der Waals surface area (Å²) in [7, 11) is 0. The highest BCUT2D eigenvalue weighted by Crippen LogP contribution is 2.25. The fraction of sp³-hybridized carbons (Fsp3) is 0.300. The number of nitro groups is 1. The van der Waals surface area contributed by atoms with Crippen molar-refractivity contribution in [3.05, 3.63) is 34.3 Å². The van der Waals surface area contributed by atoms with Crippen molar-refractivity contribution < 1.29 is 9.34 Å². The molecule has 18 heavy (non-hydrogen) atoms. The predicted molar refractivity (Wildman–Crippen MR) is 63.3 cm³/mol. The monoisotopic (exact) mass is 266 g/mol. The van der Waals surface area contributed by atoms with Crippen LogP contribution in [0.2, 0.25) is 0 Å². The lowest BCUT2D eigenvalue weighted by Crippen LogP contribution is -1.89. The van der Waals surface area contributed by atoms with E-state index in [-0.39, 0.29) is 5.69 Å². The molecule has 0 spiro atoms. The van der Waals surface area contributed by atoms with E-state index in [1.807, 2.05) is 6.92 Å². The van der Waals surface area contributed by atoms with Crippen molar-refractivity contribution >= 4 is 17.4 Å². The lowest BCUT2D eigenvalue weighted by molar-refractivity contribution is -0.385. The van der Waals surface area contributed by atoms with Crippen LogP contribution in [0.5, 0.6) is 0 Å². The molecule has 0 N–H and O–H groups in total. The number of aromatic nitrogens is 3. The largest absolute Gasteiger partial charge is 0.416 e. The van der Waals surface area contributed by atoms with Gasteiger partial charge in [0, 0.05) is 12.5 Å². The Morgan fingerprint density at radius 2 is 2.28 bits per heavy atom. The average molecular weight is 266 g/mol. The fourth-order valence-electron chi connectivity index (χ4n) is 1.22. The first-order valence-corrected chi connectivity index (χ1v) is 6.11. The maximum atomic E-state index is 10.5. The molecule has 2 rings (SSSR count). The zero-order valence-corrected chi connectivity index (χ0v) is 10.4. The molecule has 0 bridgehead atoms. The molecule has 2 aromatic heterocycles. The third kappa shape index (κ3) is 3.04. The van der Waals surface area contributed by atoms with Gasteiger partial charge in [0.25, 0.3) is 10.9 Å². The minimum Gasteiger partial charge on any atom is -0.416 e. The Bertz CT molecular complexity index is 540. The Labute approximate surface area is 107 Å². The molecule has 0 aliphatic heterocycles. The number of aryl methyl sites for hydroxylation is 1. The molecule has 0 amide bonds. The zero-order chi connectivity index (χ0) is 13.0. The summed E-state index contributed by atoms with van der Waals surface area (Å²) in [6, 6.07) is 2.94. The zero-order valence-electron chi connectivity index (χ0n) is 9.57. The van der Waals surface area contributed by atoms with Crippen LogP contribution in [-0.4, -0.2) is 20.1 Å². The van der Waals surface area contributed by atoms with E-state index >= 15 is 0 Å². The van der Waals surface area contributed by atoms with Crippen LogP contribution in [0.1, 0.15) is 19.2 Å². The summed E-state index contributed by atoms with van der Waals surface area (Å²) >= 11 is 1.18. The molecule has 7 nitrogen and oxygen atoms in total. The standard InChI is InChI=1S/C10H10N4O3S/c1-2-3-8-12-13-10(17-8)18-9-5-4-7(6-11-9)14(15)16/h4-6H,2-3H2,1H3. The van der Waals surface area contributed by atoms with Crippen molar-refractivity contribution in [2.75, 3.05) is 0 Å². The van der Waals surface area contributed by atoms with Crippen LogP contribution in [-0.2, 0) is 6.42 Å². The Hall–Kier alpha value is -1.96. The maximum absolute atomic E-state index is 10.5. The van der Waals surface area contributed by atoms with E-state index in [0.29, 0.717) is 16.1 Å². The summed E-state index contributed by atoms with van der Waals surface area (Å²) in [5, 5.41) is 19.2. The molecule has 2 heterocycles. The molecule has 94 valence electrons. The van der Waals surface area contributed by atoms with Gasteiger partial charge in [-0.15, -0.1) is 10.2 Å². The van der Waals surface area contributed by atoms with Crippen LogP contribution in [0.4, 0.5) is 5.69 Å². The van der Waals surface area contributed by atoms with Crippen LogP contribution in [0.3, 0.4) is 0 Å². The van der Waals surface area contributed by atoms with E-state index in [1.54, 1.807) is 6.07 Å². The fourth-order valence-corrected chi connectivity index (χ4v) is 1.86. The molecule has 0 unspecified atom stereocenters. The molecule has 0 fully saturated rings. The minimum atomic E-state index is -0.493. The van der Waals surface area contributed by atoms with Crippen LogP contribution in [0, 0.1) is 10.1 Å². The van der Waals surface area contributed by atoms with E-state index in [9.17, 15) is 10.1 Å². The first-order chi connectivity index (χ1) is 8.69. The average Bonchev–Trinajstić information content (AvgIpc) is 2.78. The van der Waals surface area contributed by atoms with E-state index in [1.165, 1.54) is 24.0 Å². The first kappa shape index (κ1) is 12.5. The number of nitrogens with zero attached hydrogens (tertiary/aromatic N) is 4. The van der Waals surface area contributed by atoms with Crippen molar-refractivity contribution in [2.45, 2.75) is 30.0 Å². The summed E-state index contributed by atoms with van der Waals surface area (Å²) in [6.45, 7) is 2.02. The predicted octanol–water partition coefficient (Wildman–Crippen LogP) is 2.48. The van der Waals surface area contributed by atoms with E-state index in [4.69, 9.17) is 4.42 Å². The summed E-state index contributed by atoms with van der Waals surface area (Å²) < 4.78 is 5.37. The summed E-state index contributed by atoms with van der Waals surface area (Å²) in [5.41, 5.74) is -0.0449. The van der Waals surface area contributed by atoms with Gasteiger partial charge in [0.1, 0.15) is 11.2 Å². The molecule has 0 radical (unpaired) electrons. The molecule has 2 aromatic rings. The van der Waals surface area contributed by atoms with Gasteiger partial charge in [-0.2, -0.15) is 0 Å². The Morgan fingerprint density at radius 1 is 1.44 bits per heavy atom. The lowest BCUT2D eigenvalue weighted by Gasteiger charge is -1.94. The molecule has 0 aliphatic carbocycles. The molecule has 0 saturated carbocycles.